The van der Waals surface area contributed by atoms with Crippen LogP contribution in [0.15, 0.2) is 24.3 Å². The van der Waals surface area contributed by atoms with Crippen LogP contribution in [0.4, 0.5) is 0 Å². The normalized spacial score (nSPS) is 10.8. The predicted octanol–water partition coefficient (Wildman–Crippen LogP) is 1.70. The van der Waals surface area contributed by atoms with Gasteiger partial charge >= 0.3 is 0 Å². The molecule has 0 bridgehead atoms. The lowest BCUT2D eigenvalue weighted by Crippen LogP contribution is -2.12. The van der Waals surface area contributed by atoms with Crippen LogP contribution in [0.3, 0.4) is 0 Å². The molecule has 0 fully saturated rings. The van der Waals surface area contributed by atoms with Gasteiger partial charge in [-0.1, -0.05) is 23.7 Å². The zero-order valence-corrected chi connectivity index (χ0v) is 10.9. The summed E-state index contributed by atoms with van der Waals surface area (Å²) in [5.74, 6) is 1.50. The second-order valence-corrected chi connectivity index (χ2v) is 4.24. The van der Waals surface area contributed by atoms with Gasteiger partial charge in [0.25, 0.3) is 0 Å². The molecule has 0 saturated heterocycles. The maximum atomic E-state index is 5.99. The number of hydrogen-bond acceptors (Lipinski definition) is 4. The second-order valence-electron chi connectivity index (χ2n) is 3.80. The Morgan fingerprint density at radius 1 is 1.39 bits per heavy atom. The number of methoxy groups -OCH3 is 1. The molecule has 5 nitrogen and oxygen atoms in total. The third-order valence-corrected chi connectivity index (χ3v) is 2.85. The highest BCUT2D eigenvalue weighted by Crippen LogP contribution is 2.21. The molecule has 0 radical (unpaired) electrons. The topological polar surface area (TPSA) is 66.0 Å². The minimum Gasteiger partial charge on any atom is -0.383 e. The fourth-order valence-corrected chi connectivity index (χ4v) is 1.94. The fourth-order valence-electron chi connectivity index (χ4n) is 1.74. The summed E-state index contributed by atoms with van der Waals surface area (Å²) in [6, 6.07) is 7.51. The Labute approximate surface area is 111 Å². The molecule has 6 heteroatoms. The molecule has 0 amide bonds. The molecule has 0 saturated carbocycles. The fraction of sp³-hybridized carbons (Fsp3) is 0.333. The lowest BCUT2D eigenvalue weighted by atomic mass is 10.2. The van der Waals surface area contributed by atoms with Gasteiger partial charge < -0.3 is 15.0 Å². The Morgan fingerprint density at radius 2 is 2.22 bits per heavy atom. The van der Waals surface area contributed by atoms with Gasteiger partial charge in [-0.3, -0.25) is 0 Å². The summed E-state index contributed by atoms with van der Waals surface area (Å²) in [4.78, 5) is 0. The number of hydrogen-bond donors (Lipinski definition) is 1. The van der Waals surface area contributed by atoms with Crippen LogP contribution in [-0.2, 0) is 17.8 Å². The van der Waals surface area contributed by atoms with Crippen LogP contribution in [0.25, 0.3) is 11.4 Å². The van der Waals surface area contributed by atoms with Crippen molar-refractivity contribution in [1.82, 2.24) is 14.8 Å². The van der Waals surface area contributed by atoms with Crippen LogP contribution >= 0.6 is 11.6 Å². The van der Waals surface area contributed by atoms with E-state index < -0.39 is 0 Å². The monoisotopic (exact) mass is 266 g/mol. The molecule has 2 rings (SSSR count). The van der Waals surface area contributed by atoms with Crippen molar-refractivity contribution in [1.29, 1.82) is 0 Å². The molecular weight excluding hydrogens is 252 g/mol. The molecule has 1 heterocycles. The molecule has 0 aliphatic heterocycles. The van der Waals surface area contributed by atoms with E-state index in [4.69, 9.17) is 22.1 Å². The molecule has 96 valence electrons. The molecule has 0 atom stereocenters. The van der Waals surface area contributed by atoms with Crippen LogP contribution in [-0.4, -0.2) is 28.5 Å². The number of halogens is 1. The average Bonchev–Trinajstić information content (AvgIpc) is 2.79. The third-order valence-electron chi connectivity index (χ3n) is 2.61. The van der Waals surface area contributed by atoms with E-state index in [-0.39, 0.29) is 0 Å². The van der Waals surface area contributed by atoms with Crippen molar-refractivity contribution >= 4 is 11.6 Å². The Hall–Kier alpha value is -1.43. The van der Waals surface area contributed by atoms with Crippen LogP contribution in [0.5, 0.6) is 0 Å². The van der Waals surface area contributed by atoms with Crippen molar-refractivity contribution in [2.24, 2.45) is 5.73 Å². The summed E-state index contributed by atoms with van der Waals surface area (Å²) in [5, 5.41) is 8.92. The number of nitrogens with zero attached hydrogens (tertiary/aromatic N) is 3. The van der Waals surface area contributed by atoms with Gasteiger partial charge in [-0.05, 0) is 12.1 Å². The van der Waals surface area contributed by atoms with Gasteiger partial charge in [0.2, 0.25) is 0 Å². The third kappa shape index (κ3) is 2.69. The SMILES string of the molecule is COCCn1c(CN)nnc1-c1cccc(Cl)c1. The van der Waals surface area contributed by atoms with E-state index in [1.807, 2.05) is 28.8 Å². The van der Waals surface area contributed by atoms with Gasteiger partial charge in [-0.25, -0.2) is 0 Å². The zero-order chi connectivity index (χ0) is 13.0. The number of rotatable bonds is 5. The molecule has 1 aromatic heterocycles. The van der Waals surface area contributed by atoms with E-state index >= 15 is 0 Å². The van der Waals surface area contributed by atoms with Gasteiger partial charge in [0, 0.05) is 24.2 Å². The average molecular weight is 267 g/mol. The highest BCUT2D eigenvalue weighted by molar-refractivity contribution is 6.30. The smallest absolute Gasteiger partial charge is 0.164 e. The van der Waals surface area contributed by atoms with Gasteiger partial charge in [0.15, 0.2) is 5.82 Å². The molecule has 0 aliphatic rings. The Kier molecular flexibility index (Phi) is 4.30. The zero-order valence-electron chi connectivity index (χ0n) is 10.1. The van der Waals surface area contributed by atoms with Gasteiger partial charge in [-0.2, -0.15) is 0 Å². The lowest BCUT2D eigenvalue weighted by Gasteiger charge is -2.09. The first-order valence-corrected chi connectivity index (χ1v) is 6.01. The quantitative estimate of drug-likeness (QED) is 0.895. The Bertz CT molecular complexity index is 527. The Balaban J connectivity index is 2.40. The van der Waals surface area contributed by atoms with Crippen molar-refractivity contribution in [2.75, 3.05) is 13.7 Å². The first kappa shape index (κ1) is 13.0. The predicted molar refractivity (Wildman–Crippen MR) is 70.2 cm³/mol. The number of nitrogens with two attached hydrogens (primary N) is 1. The highest BCUT2D eigenvalue weighted by atomic mass is 35.5. The van der Waals surface area contributed by atoms with E-state index in [1.165, 1.54) is 0 Å². The first-order valence-electron chi connectivity index (χ1n) is 5.63. The van der Waals surface area contributed by atoms with Crippen molar-refractivity contribution in [3.8, 4) is 11.4 Å². The van der Waals surface area contributed by atoms with Gasteiger partial charge in [0.05, 0.1) is 13.2 Å². The maximum absolute atomic E-state index is 5.99. The minimum atomic E-state index is 0.345. The van der Waals surface area contributed by atoms with Crippen molar-refractivity contribution < 1.29 is 4.74 Å². The summed E-state index contributed by atoms with van der Waals surface area (Å²) in [5.41, 5.74) is 6.58. The summed E-state index contributed by atoms with van der Waals surface area (Å²) in [6.45, 7) is 1.59. The van der Waals surface area contributed by atoms with E-state index in [2.05, 4.69) is 10.2 Å². The molecule has 2 N–H and O–H groups in total. The van der Waals surface area contributed by atoms with Crippen LogP contribution in [0.2, 0.25) is 5.02 Å². The maximum Gasteiger partial charge on any atom is 0.164 e. The van der Waals surface area contributed by atoms with Crippen LogP contribution in [0.1, 0.15) is 5.82 Å². The highest BCUT2D eigenvalue weighted by Gasteiger charge is 2.12. The largest absolute Gasteiger partial charge is 0.383 e. The molecule has 0 spiro atoms. The lowest BCUT2D eigenvalue weighted by molar-refractivity contribution is 0.186. The molecule has 18 heavy (non-hydrogen) atoms. The van der Waals surface area contributed by atoms with E-state index in [0.717, 1.165) is 17.2 Å². The molecule has 0 unspecified atom stereocenters. The number of benzene rings is 1. The summed E-state index contributed by atoms with van der Waals surface area (Å²) in [6.07, 6.45) is 0. The van der Waals surface area contributed by atoms with Gasteiger partial charge in [0.1, 0.15) is 5.82 Å². The van der Waals surface area contributed by atoms with Crippen LogP contribution in [0, 0.1) is 0 Å². The Morgan fingerprint density at radius 3 is 2.89 bits per heavy atom. The standard InChI is InChI=1S/C12H15ClN4O/c1-18-6-5-17-11(8-14)15-16-12(17)9-3-2-4-10(13)7-9/h2-4,7H,5-6,8,14H2,1H3. The summed E-state index contributed by atoms with van der Waals surface area (Å²) >= 11 is 5.99. The van der Waals surface area contributed by atoms with Crippen molar-refractivity contribution in [3.63, 3.8) is 0 Å². The molecule has 0 aliphatic carbocycles. The first-order chi connectivity index (χ1) is 8.76. The number of aromatic nitrogens is 3. The molecule has 1 aromatic carbocycles. The van der Waals surface area contributed by atoms with E-state index in [9.17, 15) is 0 Å². The van der Waals surface area contributed by atoms with Crippen molar-refractivity contribution in [3.05, 3.63) is 35.1 Å². The van der Waals surface area contributed by atoms with E-state index in [1.54, 1.807) is 7.11 Å². The van der Waals surface area contributed by atoms with Crippen molar-refractivity contribution in [2.45, 2.75) is 13.1 Å². The van der Waals surface area contributed by atoms with Crippen LogP contribution < -0.4 is 5.73 Å². The summed E-state index contributed by atoms with van der Waals surface area (Å²) in [7, 11) is 1.66. The molecular formula is C12H15ClN4O. The summed E-state index contributed by atoms with van der Waals surface area (Å²) < 4.78 is 7.04. The minimum absolute atomic E-state index is 0.345. The number of ether oxygens (including phenoxy) is 1. The van der Waals surface area contributed by atoms with Gasteiger partial charge in [-0.15, -0.1) is 10.2 Å². The second kappa shape index (κ2) is 5.95. The molecule has 2 aromatic rings. The van der Waals surface area contributed by atoms with E-state index in [0.29, 0.717) is 24.7 Å².